The van der Waals surface area contributed by atoms with Crippen LogP contribution in [0.15, 0.2) is 67.3 Å². The lowest BCUT2D eigenvalue weighted by molar-refractivity contribution is 0.295. The van der Waals surface area contributed by atoms with Crippen LogP contribution in [0.2, 0.25) is 0 Å². The lowest BCUT2D eigenvalue weighted by Gasteiger charge is -2.33. The van der Waals surface area contributed by atoms with Crippen LogP contribution in [0.3, 0.4) is 0 Å². The van der Waals surface area contributed by atoms with Crippen LogP contribution >= 0.6 is 0 Å². The van der Waals surface area contributed by atoms with Crippen LogP contribution in [-0.4, -0.2) is 28.5 Å². The van der Waals surface area contributed by atoms with Crippen molar-refractivity contribution in [1.29, 1.82) is 0 Å². The molecule has 1 unspecified atom stereocenters. The molecule has 0 aliphatic carbocycles. The molecule has 0 fully saturated rings. The topological polar surface area (TPSA) is 29.0 Å². The fourth-order valence-corrected chi connectivity index (χ4v) is 3.45. The monoisotopic (exact) mass is 301 g/mol. The lowest BCUT2D eigenvalue weighted by Crippen LogP contribution is -2.30. The maximum atomic E-state index is 4.13. The predicted octanol–water partition coefficient (Wildman–Crippen LogP) is 3.72. The molecule has 1 atom stereocenters. The summed E-state index contributed by atoms with van der Waals surface area (Å²) in [5.74, 6) is 0.436. The summed E-state index contributed by atoms with van der Waals surface area (Å²) in [6.07, 6.45) is 5.31. The summed E-state index contributed by atoms with van der Waals surface area (Å²) in [6.45, 7) is 2.05. The van der Waals surface area contributed by atoms with E-state index in [9.17, 15) is 0 Å². The van der Waals surface area contributed by atoms with Crippen LogP contribution in [0.5, 0.6) is 0 Å². The predicted molar refractivity (Wildman–Crippen MR) is 92.1 cm³/mol. The van der Waals surface area contributed by atoms with Crippen LogP contribution in [0.4, 0.5) is 0 Å². The van der Waals surface area contributed by atoms with Crippen molar-refractivity contribution in [2.75, 3.05) is 13.6 Å². The van der Waals surface area contributed by atoms with Crippen LogP contribution in [0.1, 0.15) is 22.6 Å². The molecule has 0 bridgehead atoms. The second-order valence-electron chi connectivity index (χ2n) is 6.20. The summed E-state index contributed by atoms with van der Waals surface area (Å²) in [7, 11) is 2.19. The third-order valence-corrected chi connectivity index (χ3v) is 4.55. The molecule has 0 saturated carbocycles. The zero-order valence-electron chi connectivity index (χ0n) is 13.2. The molecule has 0 N–H and O–H groups in total. The largest absolute Gasteiger partial charge is 0.301 e. The summed E-state index contributed by atoms with van der Waals surface area (Å²) >= 11 is 0. The molecule has 2 heterocycles. The first kappa shape index (κ1) is 14.1. The van der Waals surface area contributed by atoms with Crippen molar-refractivity contribution in [3.8, 4) is 11.1 Å². The van der Waals surface area contributed by atoms with Crippen molar-refractivity contribution in [3.63, 3.8) is 0 Å². The van der Waals surface area contributed by atoms with Gasteiger partial charge in [-0.25, -0.2) is 9.97 Å². The maximum absolute atomic E-state index is 4.13. The highest BCUT2D eigenvalue weighted by Gasteiger charge is 2.24. The molecule has 0 radical (unpaired) electrons. The van der Waals surface area contributed by atoms with Gasteiger partial charge in [-0.05, 0) is 35.4 Å². The molecule has 2 aromatic carbocycles. The van der Waals surface area contributed by atoms with Crippen molar-refractivity contribution in [1.82, 2.24) is 14.9 Å². The second kappa shape index (κ2) is 5.94. The van der Waals surface area contributed by atoms with E-state index in [1.54, 1.807) is 6.33 Å². The van der Waals surface area contributed by atoms with E-state index in [0.717, 1.165) is 18.7 Å². The van der Waals surface area contributed by atoms with E-state index < -0.39 is 0 Å². The Kier molecular flexibility index (Phi) is 3.64. The smallest absolute Gasteiger partial charge is 0.115 e. The first-order valence-electron chi connectivity index (χ1n) is 7.93. The molecule has 114 valence electrons. The van der Waals surface area contributed by atoms with Gasteiger partial charge in [0.25, 0.3) is 0 Å². The third kappa shape index (κ3) is 2.76. The van der Waals surface area contributed by atoms with E-state index in [1.165, 1.54) is 22.3 Å². The number of aromatic nitrogens is 2. The highest BCUT2D eigenvalue weighted by atomic mass is 15.1. The SMILES string of the molecule is CN1Cc2cc(-c3cncnc3)ccc2C(c2ccccc2)C1. The average molecular weight is 301 g/mol. The molecule has 3 nitrogen and oxygen atoms in total. The van der Waals surface area contributed by atoms with E-state index in [1.807, 2.05) is 12.4 Å². The molecule has 0 saturated heterocycles. The highest BCUT2D eigenvalue weighted by molar-refractivity contribution is 5.64. The normalized spacial score (nSPS) is 17.7. The summed E-state index contributed by atoms with van der Waals surface area (Å²) in [5, 5.41) is 0. The van der Waals surface area contributed by atoms with Crippen molar-refractivity contribution in [2.24, 2.45) is 0 Å². The van der Waals surface area contributed by atoms with E-state index in [2.05, 4.69) is 70.4 Å². The molecule has 3 heteroatoms. The molecule has 3 aromatic rings. The quantitative estimate of drug-likeness (QED) is 0.722. The van der Waals surface area contributed by atoms with Crippen LogP contribution in [0, 0.1) is 0 Å². The minimum Gasteiger partial charge on any atom is -0.301 e. The standard InChI is InChI=1S/C20H19N3/c1-23-12-17-9-16(18-10-21-14-22-11-18)7-8-19(17)20(13-23)15-5-3-2-4-6-15/h2-11,14,20H,12-13H2,1H3. The number of hydrogen-bond acceptors (Lipinski definition) is 3. The minimum atomic E-state index is 0.436. The number of hydrogen-bond donors (Lipinski definition) is 0. The van der Waals surface area contributed by atoms with Gasteiger partial charge in [0.05, 0.1) is 0 Å². The van der Waals surface area contributed by atoms with Gasteiger partial charge in [0.15, 0.2) is 0 Å². The van der Waals surface area contributed by atoms with Gasteiger partial charge in [-0.1, -0.05) is 42.5 Å². The van der Waals surface area contributed by atoms with Gasteiger partial charge < -0.3 is 4.90 Å². The second-order valence-corrected chi connectivity index (χ2v) is 6.20. The van der Waals surface area contributed by atoms with Gasteiger partial charge in [-0.3, -0.25) is 0 Å². The molecular weight excluding hydrogens is 282 g/mol. The van der Waals surface area contributed by atoms with E-state index in [0.29, 0.717) is 5.92 Å². The maximum Gasteiger partial charge on any atom is 0.115 e. The summed E-state index contributed by atoms with van der Waals surface area (Å²) < 4.78 is 0. The van der Waals surface area contributed by atoms with E-state index in [4.69, 9.17) is 0 Å². The van der Waals surface area contributed by atoms with Crippen molar-refractivity contribution >= 4 is 0 Å². The van der Waals surface area contributed by atoms with E-state index >= 15 is 0 Å². The van der Waals surface area contributed by atoms with Crippen LogP contribution < -0.4 is 0 Å². The number of fused-ring (bicyclic) bond motifs is 1. The van der Waals surface area contributed by atoms with Gasteiger partial charge in [0.1, 0.15) is 6.33 Å². The van der Waals surface area contributed by atoms with Gasteiger partial charge in [0.2, 0.25) is 0 Å². The Morgan fingerprint density at radius 3 is 2.52 bits per heavy atom. The number of rotatable bonds is 2. The Morgan fingerprint density at radius 1 is 0.957 bits per heavy atom. The lowest BCUT2D eigenvalue weighted by atomic mass is 9.84. The van der Waals surface area contributed by atoms with Crippen molar-refractivity contribution < 1.29 is 0 Å². The third-order valence-electron chi connectivity index (χ3n) is 4.55. The molecule has 1 aliphatic heterocycles. The molecule has 1 aromatic heterocycles. The van der Waals surface area contributed by atoms with E-state index in [-0.39, 0.29) is 0 Å². The van der Waals surface area contributed by atoms with Crippen molar-refractivity contribution in [3.05, 3.63) is 83.9 Å². The fraction of sp³-hybridized carbons (Fsp3) is 0.200. The Morgan fingerprint density at radius 2 is 1.74 bits per heavy atom. The highest BCUT2D eigenvalue weighted by Crippen LogP contribution is 2.35. The molecule has 4 rings (SSSR count). The zero-order valence-corrected chi connectivity index (χ0v) is 13.2. The fourth-order valence-electron chi connectivity index (χ4n) is 3.45. The van der Waals surface area contributed by atoms with Gasteiger partial charge in [-0.15, -0.1) is 0 Å². The van der Waals surface area contributed by atoms with Crippen molar-refractivity contribution in [2.45, 2.75) is 12.5 Å². The summed E-state index contributed by atoms with van der Waals surface area (Å²) in [5.41, 5.74) is 6.48. The average Bonchev–Trinajstić information content (AvgIpc) is 2.62. The van der Waals surface area contributed by atoms with Crippen LogP contribution in [0.25, 0.3) is 11.1 Å². The number of benzene rings is 2. The van der Waals surface area contributed by atoms with Gasteiger partial charge in [0, 0.05) is 37.0 Å². The molecule has 0 amide bonds. The number of nitrogens with zero attached hydrogens (tertiary/aromatic N) is 3. The molecule has 0 spiro atoms. The first-order chi connectivity index (χ1) is 11.3. The molecule has 23 heavy (non-hydrogen) atoms. The van der Waals surface area contributed by atoms with Crippen LogP contribution in [-0.2, 0) is 6.54 Å². The first-order valence-corrected chi connectivity index (χ1v) is 7.93. The minimum absolute atomic E-state index is 0.436. The molecule has 1 aliphatic rings. The van der Waals surface area contributed by atoms with Gasteiger partial charge in [-0.2, -0.15) is 0 Å². The Hall–Kier alpha value is -2.52. The van der Waals surface area contributed by atoms with Gasteiger partial charge >= 0.3 is 0 Å². The molecular formula is C20H19N3. The Labute approximate surface area is 136 Å². The Bertz CT molecular complexity index is 800. The summed E-state index contributed by atoms with van der Waals surface area (Å²) in [4.78, 5) is 10.7. The summed E-state index contributed by atoms with van der Waals surface area (Å²) in [6, 6.07) is 17.5. The number of likely N-dealkylation sites (N-methyl/N-ethyl adjacent to an activating group) is 1. The Balaban J connectivity index is 1.77. The zero-order chi connectivity index (χ0) is 15.6.